The van der Waals surface area contributed by atoms with E-state index < -0.39 is 9.84 Å². The van der Waals surface area contributed by atoms with Crippen molar-refractivity contribution in [2.45, 2.75) is 44.2 Å². The summed E-state index contributed by atoms with van der Waals surface area (Å²) in [6, 6.07) is 0.972. The molecule has 0 aromatic rings. The van der Waals surface area contributed by atoms with Crippen molar-refractivity contribution in [1.82, 2.24) is 10.2 Å². The molecule has 4 nitrogen and oxygen atoms in total. The summed E-state index contributed by atoms with van der Waals surface area (Å²) in [5.41, 5.74) is 0. The molecule has 0 radical (unpaired) electrons. The van der Waals surface area contributed by atoms with Gasteiger partial charge in [-0.1, -0.05) is 0 Å². The van der Waals surface area contributed by atoms with Gasteiger partial charge in [-0.05, 0) is 57.7 Å². The molecule has 1 saturated carbocycles. The van der Waals surface area contributed by atoms with Crippen LogP contribution in [0.15, 0.2) is 0 Å². The van der Waals surface area contributed by atoms with Gasteiger partial charge in [0, 0.05) is 12.1 Å². The fourth-order valence-electron chi connectivity index (χ4n) is 3.19. The minimum atomic E-state index is -2.73. The number of sulfone groups is 1. The van der Waals surface area contributed by atoms with Gasteiger partial charge in [0.25, 0.3) is 0 Å². The molecular formula is C13H24N2O2S. The Morgan fingerprint density at radius 1 is 1.06 bits per heavy atom. The third-order valence-corrected chi connectivity index (χ3v) is 6.40. The van der Waals surface area contributed by atoms with Crippen LogP contribution < -0.4 is 5.32 Å². The van der Waals surface area contributed by atoms with Gasteiger partial charge in [-0.3, -0.25) is 4.90 Å². The molecule has 2 saturated heterocycles. The summed E-state index contributed by atoms with van der Waals surface area (Å²) in [7, 11) is -2.73. The smallest absolute Gasteiger partial charge is 0.151 e. The second-order valence-electron chi connectivity index (χ2n) is 6.22. The number of rotatable bonds is 4. The van der Waals surface area contributed by atoms with Crippen molar-refractivity contribution in [2.75, 3.05) is 31.1 Å². The number of hydrogen-bond acceptors (Lipinski definition) is 4. The normalized spacial score (nSPS) is 33.9. The first-order valence-corrected chi connectivity index (χ1v) is 9.12. The van der Waals surface area contributed by atoms with Gasteiger partial charge in [0.1, 0.15) is 0 Å². The van der Waals surface area contributed by atoms with Gasteiger partial charge in [0.05, 0.1) is 11.5 Å². The van der Waals surface area contributed by atoms with Crippen molar-refractivity contribution in [3.63, 3.8) is 0 Å². The molecule has 2 aliphatic heterocycles. The van der Waals surface area contributed by atoms with Gasteiger partial charge in [-0.25, -0.2) is 8.42 Å². The minimum absolute atomic E-state index is 0.305. The van der Waals surface area contributed by atoms with Crippen LogP contribution in [-0.2, 0) is 9.84 Å². The topological polar surface area (TPSA) is 49.4 Å². The maximum absolute atomic E-state index is 11.5. The quantitative estimate of drug-likeness (QED) is 0.816. The van der Waals surface area contributed by atoms with Crippen LogP contribution in [-0.4, -0.2) is 56.5 Å². The highest BCUT2D eigenvalue weighted by Gasteiger charge is 2.34. The summed E-state index contributed by atoms with van der Waals surface area (Å²) >= 11 is 0. The average molecular weight is 272 g/mol. The van der Waals surface area contributed by atoms with Crippen molar-refractivity contribution in [3.8, 4) is 0 Å². The fourth-order valence-corrected chi connectivity index (χ4v) is 4.95. The average Bonchev–Trinajstić information content (AvgIpc) is 3.11. The van der Waals surface area contributed by atoms with E-state index >= 15 is 0 Å². The zero-order valence-electron chi connectivity index (χ0n) is 11.0. The standard InChI is InChI=1S/C13H24N2O2S/c16-18(17)8-5-13(10-18)15-6-3-12(4-7-15)14-9-11-1-2-11/h11-14H,1-10H2. The van der Waals surface area contributed by atoms with Crippen LogP contribution in [0.2, 0.25) is 0 Å². The molecule has 3 aliphatic rings. The second-order valence-corrected chi connectivity index (χ2v) is 8.45. The number of nitrogens with one attached hydrogen (secondary N) is 1. The molecule has 1 atom stereocenters. The van der Waals surface area contributed by atoms with Gasteiger partial charge < -0.3 is 5.32 Å². The Kier molecular flexibility index (Phi) is 3.65. The molecule has 0 amide bonds. The lowest BCUT2D eigenvalue weighted by molar-refractivity contribution is 0.154. The monoisotopic (exact) mass is 272 g/mol. The second kappa shape index (κ2) is 5.10. The molecule has 3 rings (SSSR count). The molecule has 1 N–H and O–H groups in total. The highest BCUT2D eigenvalue weighted by atomic mass is 32.2. The molecule has 1 aliphatic carbocycles. The number of likely N-dealkylation sites (tertiary alicyclic amines) is 1. The third-order valence-electron chi connectivity index (χ3n) is 4.65. The number of hydrogen-bond donors (Lipinski definition) is 1. The van der Waals surface area contributed by atoms with Crippen molar-refractivity contribution >= 4 is 9.84 Å². The van der Waals surface area contributed by atoms with Gasteiger partial charge in [0.2, 0.25) is 0 Å². The molecule has 3 fully saturated rings. The zero-order valence-corrected chi connectivity index (χ0v) is 11.8. The Bertz CT molecular complexity index is 384. The Labute approximate surface area is 110 Å². The van der Waals surface area contributed by atoms with Crippen LogP contribution >= 0.6 is 0 Å². The van der Waals surface area contributed by atoms with E-state index in [2.05, 4.69) is 10.2 Å². The lowest BCUT2D eigenvalue weighted by Gasteiger charge is -2.35. The lowest BCUT2D eigenvalue weighted by atomic mass is 10.0. The maximum Gasteiger partial charge on any atom is 0.151 e. The van der Waals surface area contributed by atoms with Crippen LogP contribution in [0, 0.1) is 5.92 Å². The summed E-state index contributed by atoms with van der Waals surface area (Å²) in [6.07, 6.45) is 6.03. The van der Waals surface area contributed by atoms with Crippen LogP contribution in [0.3, 0.4) is 0 Å². The SMILES string of the molecule is O=S1(=O)CCC(N2CCC(NCC3CC3)CC2)C1. The van der Waals surface area contributed by atoms with E-state index in [1.165, 1.54) is 32.2 Å². The van der Waals surface area contributed by atoms with Gasteiger partial charge in [-0.15, -0.1) is 0 Å². The molecule has 0 aromatic carbocycles. The molecule has 18 heavy (non-hydrogen) atoms. The molecule has 0 aromatic heterocycles. The van der Waals surface area contributed by atoms with E-state index in [-0.39, 0.29) is 0 Å². The van der Waals surface area contributed by atoms with Crippen LogP contribution in [0.4, 0.5) is 0 Å². The number of piperidine rings is 1. The highest BCUT2D eigenvalue weighted by Crippen LogP contribution is 2.28. The molecule has 0 spiro atoms. The molecule has 104 valence electrons. The van der Waals surface area contributed by atoms with Crippen molar-refractivity contribution in [3.05, 3.63) is 0 Å². The van der Waals surface area contributed by atoms with Gasteiger partial charge >= 0.3 is 0 Å². The van der Waals surface area contributed by atoms with E-state index in [1.807, 2.05) is 0 Å². The van der Waals surface area contributed by atoms with Gasteiger partial charge in [0.15, 0.2) is 9.84 Å². The van der Waals surface area contributed by atoms with Crippen LogP contribution in [0.1, 0.15) is 32.1 Å². The lowest BCUT2D eigenvalue weighted by Crippen LogP contribution is -2.47. The first-order chi connectivity index (χ1) is 8.62. The largest absolute Gasteiger partial charge is 0.314 e. The predicted octanol–water partition coefficient (Wildman–Crippen LogP) is 0.638. The minimum Gasteiger partial charge on any atom is -0.314 e. The van der Waals surface area contributed by atoms with E-state index in [4.69, 9.17) is 0 Å². The molecule has 2 heterocycles. The van der Waals surface area contributed by atoms with Gasteiger partial charge in [-0.2, -0.15) is 0 Å². The van der Waals surface area contributed by atoms with E-state index in [0.717, 1.165) is 25.4 Å². The third kappa shape index (κ3) is 3.25. The molecule has 1 unspecified atom stereocenters. The van der Waals surface area contributed by atoms with Crippen molar-refractivity contribution < 1.29 is 8.42 Å². The molecule has 5 heteroatoms. The van der Waals surface area contributed by atoms with E-state index in [1.54, 1.807) is 0 Å². The molecular weight excluding hydrogens is 248 g/mol. The Morgan fingerprint density at radius 2 is 1.78 bits per heavy atom. The Hall–Kier alpha value is -0.130. The first kappa shape index (κ1) is 12.9. The van der Waals surface area contributed by atoms with E-state index in [0.29, 0.717) is 23.6 Å². The first-order valence-electron chi connectivity index (χ1n) is 7.30. The van der Waals surface area contributed by atoms with Crippen LogP contribution in [0.5, 0.6) is 0 Å². The number of nitrogens with zero attached hydrogens (tertiary/aromatic N) is 1. The van der Waals surface area contributed by atoms with E-state index in [9.17, 15) is 8.42 Å². The van der Waals surface area contributed by atoms with Crippen LogP contribution in [0.25, 0.3) is 0 Å². The van der Waals surface area contributed by atoms with Crippen molar-refractivity contribution in [1.29, 1.82) is 0 Å². The molecule has 0 bridgehead atoms. The Morgan fingerprint density at radius 3 is 2.33 bits per heavy atom. The summed E-state index contributed by atoms with van der Waals surface area (Å²) in [5.74, 6) is 1.74. The zero-order chi connectivity index (χ0) is 12.6. The summed E-state index contributed by atoms with van der Waals surface area (Å²) < 4.78 is 23.0. The summed E-state index contributed by atoms with van der Waals surface area (Å²) in [6.45, 7) is 3.34. The highest BCUT2D eigenvalue weighted by molar-refractivity contribution is 7.91. The maximum atomic E-state index is 11.5. The summed E-state index contributed by atoms with van der Waals surface area (Å²) in [4.78, 5) is 2.40. The predicted molar refractivity (Wildman–Crippen MR) is 72.4 cm³/mol. The fraction of sp³-hybridized carbons (Fsp3) is 1.00. The Balaban J connectivity index is 1.42. The van der Waals surface area contributed by atoms with Crippen molar-refractivity contribution in [2.24, 2.45) is 5.92 Å². The summed E-state index contributed by atoms with van der Waals surface area (Å²) in [5, 5.41) is 3.67.